The minimum absolute atomic E-state index is 0.0352. The first kappa shape index (κ1) is 24.8. The Bertz CT molecular complexity index is 1100. The number of amides is 2. The van der Waals surface area contributed by atoms with Crippen molar-refractivity contribution in [3.63, 3.8) is 0 Å². The summed E-state index contributed by atoms with van der Waals surface area (Å²) >= 11 is 1.27. The maximum Gasteiger partial charge on any atom is 0.423 e. The summed E-state index contributed by atoms with van der Waals surface area (Å²) in [6, 6.07) is 2.39. The fourth-order valence-electron chi connectivity index (χ4n) is 3.23. The van der Waals surface area contributed by atoms with Crippen molar-refractivity contribution in [3.05, 3.63) is 45.2 Å². The van der Waals surface area contributed by atoms with Crippen LogP contribution in [0.25, 0.3) is 0 Å². The van der Waals surface area contributed by atoms with E-state index in [2.05, 4.69) is 10.4 Å². The van der Waals surface area contributed by atoms with Gasteiger partial charge >= 0.3 is 12.3 Å². The molecule has 180 valence electrons. The lowest BCUT2D eigenvalue weighted by Crippen LogP contribution is -2.28. The summed E-state index contributed by atoms with van der Waals surface area (Å²) in [5.41, 5.74) is 2.25. The van der Waals surface area contributed by atoms with Crippen molar-refractivity contribution in [1.82, 2.24) is 9.99 Å². The number of nitrogens with one attached hydrogen (secondary N) is 2. The Hall–Kier alpha value is -2.86. The zero-order valence-electron chi connectivity index (χ0n) is 18.3. The summed E-state index contributed by atoms with van der Waals surface area (Å²) in [5, 5.41) is 8.80. The van der Waals surface area contributed by atoms with Crippen LogP contribution in [0.5, 0.6) is 0 Å². The van der Waals surface area contributed by atoms with E-state index in [9.17, 15) is 22.8 Å². The molecule has 12 heteroatoms. The van der Waals surface area contributed by atoms with Gasteiger partial charge in [0.05, 0.1) is 29.5 Å². The molecule has 0 saturated carbocycles. The predicted molar refractivity (Wildman–Crippen MR) is 116 cm³/mol. The maximum atomic E-state index is 13.2. The predicted octanol–water partition coefficient (Wildman–Crippen LogP) is 4.38. The fraction of sp³-hybridized carbons (Fsp3) is 0.476. The lowest BCUT2D eigenvalue weighted by molar-refractivity contribution is -0.137. The van der Waals surface area contributed by atoms with Crippen LogP contribution < -0.4 is 15.7 Å². The largest absolute Gasteiger partial charge is 0.464 e. The Morgan fingerprint density at radius 3 is 2.61 bits per heavy atom. The molecule has 2 heterocycles. The van der Waals surface area contributed by atoms with E-state index in [0.717, 1.165) is 29.9 Å². The minimum atomic E-state index is -4.68. The standard InChI is InChI=1S/C21H25F3N4O4S/c1-20(2,3)16-11-28(10-13-5-4-8-32-13)18(33-16)25-17(29)14-9-12(21(22,23)24)6-7-15(14)26-27-19(30)31/h6-7,9,11,13,26-27H,4-5,8,10H2,1-3H3,(H,30,31)/b25-18-/t13-/m1/s1. The van der Waals surface area contributed by atoms with Crippen molar-refractivity contribution in [1.29, 1.82) is 0 Å². The maximum absolute atomic E-state index is 13.2. The van der Waals surface area contributed by atoms with E-state index in [0.29, 0.717) is 24.0 Å². The second kappa shape index (κ2) is 9.56. The number of hydrazine groups is 1. The number of rotatable bonds is 5. The first-order valence-corrected chi connectivity index (χ1v) is 11.0. The van der Waals surface area contributed by atoms with Gasteiger partial charge in [-0.15, -0.1) is 11.3 Å². The molecule has 2 aromatic rings. The van der Waals surface area contributed by atoms with Crippen molar-refractivity contribution in [3.8, 4) is 0 Å². The molecule has 0 aliphatic carbocycles. The molecule has 1 aromatic carbocycles. The number of hydrogen-bond acceptors (Lipinski definition) is 5. The molecule has 1 aliphatic heterocycles. The van der Waals surface area contributed by atoms with Gasteiger partial charge in [-0.2, -0.15) is 18.2 Å². The molecule has 0 bridgehead atoms. The van der Waals surface area contributed by atoms with Crippen molar-refractivity contribution < 1.29 is 32.6 Å². The number of nitrogens with zero attached hydrogens (tertiary/aromatic N) is 2. The quantitative estimate of drug-likeness (QED) is 0.544. The van der Waals surface area contributed by atoms with Crippen molar-refractivity contribution >= 4 is 29.0 Å². The molecule has 1 fully saturated rings. The summed E-state index contributed by atoms with van der Waals surface area (Å²) in [6.45, 7) is 7.14. The molecule has 1 saturated heterocycles. The zero-order valence-corrected chi connectivity index (χ0v) is 19.1. The molecule has 3 N–H and O–H groups in total. The third kappa shape index (κ3) is 6.35. The van der Waals surface area contributed by atoms with Gasteiger partial charge in [0, 0.05) is 17.7 Å². The molecule has 0 unspecified atom stereocenters. The van der Waals surface area contributed by atoms with Crippen molar-refractivity contribution in [2.75, 3.05) is 12.0 Å². The van der Waals surface area contributed by atoms with E-state index in [1.165, 1.54) is 11.3 Å². The molecular weight excluding hydrogens is 461 g/mol. The number of ether oxygens (including phenoxy) is 1. The third-order valence-corrected chi connectivity index (χ3v) is 6.41. The average molecular weight is 487 g/mol. The van der Waals surface area contributed by atoms with Gasteiger partial charge in [0.25, 0.3) is 5.91 Å². The van der Waals surface area contributed by atoms with E-state index in [1.807, 2.05) is 32.4 Å². The molecular formula is C21H25F3N4O4S. The van der Waals surface area contributed by atoms with E-state index in [1.54, 1.807) is 4.57 Å². The summed E-state index contributed by atoms with van der Waals surface area (Å²) in [4.78, 5) is 29.2. The first-order valence-electron chi connectivity index (χ1n) is 10.2. The number of carbonyl (C=O) groups excluding carboxylic acids is 1. The lowest BCUT2D eigenvalue weighted by atomic mass is 9.95. The summed E-state index contributed by atoms with van der Waals surface area (Å²) in [7, 11) is 0. The van der Waals surface area contributed by atoms with Gasteiger partial charge in [-0.05, 0) is 36.5 Å². The van der Waals surface area contributed by atoms with Crippen LogP contribution in [-0.2, 0) is 22.9 Å². The highest BCUT2D eigenvalue weighted by Gasteiger charge is 2.32. The number of carboxylic acid groups (broad SMARTS) is 1. The number of hydrogen-bond donors (Lipinski definition) is 3. The Labute approximate surface area is 192 Å². The monoisotopic (exact) mass is 486 g/mol. The highest BCUT2D eigenvalue weighted by molar-refractivity contribution is 7.09. The minimum Gasteiger partial charge on any atom is -0.464 e. The molecule has 1 atom stereocenters. The summed E-state index contributed by atoms with van der Waals surface area (Å²) in [5.74, 6) is -0.931. The van der Waals surface area contributed by atoms with E-state index < -0.39 is 29.3 Å². The van der Waals surface area contributed by atoms with Gasteiger partial charge in [-0.25, -0.2) is 10.2 Å². The van der Waals surface area contributed by atoms with Gasteiger partial charge < -0.3 is 14.4 Å². The molecule has 33 heavy (non-hydrogen) atoms. The Balaban J connectivity index is 2.05. The lowest BCUT2D eigenvalue weighted by Gasteiger charge is -2.15. The van der Waals surface area contributed by atoms with Gasteiger partial charge in [0.1, 0.15) is 0 Å². The second-order valence-electron chi connectivity index (χ2n) is 8.65. The number of alkyl halides is 3. The van der Waals surface area contributed by atoms with Crippen LogP contribution in [0.3, 0.4) is 0 Å². The first-order chi connectivity index (χ1) is 15.3. The zero-order chi connectivity index (χ0) is 24.4. The smallest absolute Gasteiger partial charge is 0.423 e. The van der Waals surface area contributed by atoms with Gasteiger partial charge in [-0.3, -0.25) is 10.2 Å². The van der Waals surface area contributed by atoms with Crippen LogP contribution in [0.4, 0.5) is 23.7 Å². The van der Waals surface area contributed by atoms with Crippen LogP contribution in [0.15, 0.2) is 29.4 Å². The van der Waals surface area contributed by atoms with Crippen LogP contribution in [0.1, 0.15) is 54.4 Å². The van der Waals surface area contributed by atoms with Gasteiger partial charge in [0.2, 0.25) is 0 Å². The van der Waals surface area contributed by atoms with Crippen LogP contribution in [0.2, 0.25) is 0 Å². The molecule has 0 spiro atoms. The Morgan fingerprint density at radius 1 is 1.30 bits per heavy atom. The Kier molecular flexibility index (Phi) is 7.17. The average Bonchev–Trinajstić information content (AvgIpc) is 3.36. The number of carbonyl (C=O) groups is 2. The van der Waals surface area contributed by atoms with Crippen LogP contribution in [-0.4, -0.2) is 34.4 Å². The molecule has 1 aromatic heterocycles. The molecule has 2 amide bonds. The van der Waals surface area contributed by atoms with Gasteiger partial charge in [0.15, 0.2) is 4.80 Å². The topological polar surface area (TPSA) is 105 Å². The SMILES string of the molecule is CC(C)(C)c1cn(C[C@H]2CCCO2)/c(=N/C(=O)c2cc(C(F)(F)F)ccc2NNC(=O)O)s1. The normalized spacial score (nSPS) is 17.3. The number of benzene rings is 1. The van der Waals surface area contributed by atoms with Crippen molar-refractivity contribution in [2.45, 2.75) is 57.9 Å². The molecule has 3 rings (SSSR count). The number of halogens is 3. The third-order valence-electron chi connectivity index (χ3n) is 4.96. The van der Waals surface area contributed by atoms with E-state index >= 15 is 0 Å². The summed E-state index contributed by atoms with van der Waals surface area (Å²) in [6.07, 6.45) is -2.50. The highest BCUT2D eigenvalue weighted by atomic mass is 32.1. The summed E-state index contributed by atoms with van der Waals surface area (Å²) < 4.78 is 47.2. The highest BCUT2D eigenvalue weighted by Crippen LogP contribution is 2.32. The van der Waals surface area contributed by atoms with Crippen molar-refractivity contribution in [2.24, 2.45) is 4.99 Å². The second-order valence-corrected chi connectivity index (χ2v) is 9.65. The Morgan fingerprint density at radius 2 is 2.03 bits per heavy atom. The molecule has 8 nitrogen and oxygen atoms in total. The van der Waals surface area contributed by atoms with E-state index in [4.69, 9.17) is 9.84 Å². The fourth-order valence-corrected chi connectivity index (χ4v) is 4.28. The number of anilines is 1. The van der Waals surface area contributed by atoms with Gasteiger partial charge in [-0.1, -0.05) is 20.8 Å². The van der Waals surface area contributed by atoms with Crippen LogP contribution in [0, 0.1) is 0 Å². The number of aromatic nitrogens is 1. The van der Waals surface area contributed by atoms with E-state index in [-0.39, 0.29) is 17.2 Å². The number of thiazole rings is 1. The van der Waals surface area contributed by atoms with Crippen LogP contribution >= 0.6 is 11.3 Å². The molecule has 1 aliphatic rings. The molecule has 0 radical (unpaired) electrons.